The molecule has 1 aliphatic heterocycles. The Morgan fingerprint density at radius 3 is 2.90 bits per heavy atom. The zero-order valence-electron chi connectivity index (χ0n) is 10.9. The lowest BCUT2D eigenvalue weighted by atomic mass is 9.74. The van der Waals surface area contributed by atoms with Gasteiger partial charge < -0.3 is 9.84 Å². The molecule has 0 spiro atoms. The topological polar surface area (TPSA) is 46.5 Å². The minimum atomic E-state index is -0.983. The molecule has 1 saturated carbocycles. The third kappa shape index (κ3) is 2.37. The van der Waals surface area contributed by atoms with E-state index in [2.05, 4.69) is 15.9 Å². The van der Waals surface area contributed by atoms with Crippen LogP contribution in [0.4, 0.5) is 4.39 Å². The third-order valence-electron chi connectivity index (χ3n) is 4.38. The number of aliphatic carboxylic acids is 1. The fourth-order valence-corrected chi connectivity index (χ4v) is 3.58. The predicted molar refractivity (Wildman–Crippen MR) is 75.0 cm³/mol. The molecule has 2 fully saturated rings. The van der Waals surface area contributed by atoms with Crippen LogP contribution in [0.2, 0.25) is 0 Å². The molecule has 1 aromatic carbocycles. The Bertz CT molecular complexity index is 544. The summed E-state index contributed by atoms with van der Waals surface area (Å²) in [4.78, 5) is 11.9. The van der Waals surface area contributed by atoms with Crippen LogP contribution in [0.5, 0.6) is 0 Å². The molecule has 1 N–H and O–H groups in total. The summed E-state index contributed by atoms with van der Waals surface area (Å²) in [6.07, 6.45) is 2.39. The molecule has 1 heterocycles. The molecular weight excluding hydrogens is 327 g/mol. The lowest BCUT2D eigenvalue weighted by Gasteiger charge is -2.30. The van der Waals surface area contributed by atoms with Crippen LogP contribution in [0, 0.1) is 17.2 Å². The summed E-state index contributed by atoms with van der Waals surface area (Å²) in [7, 11) is 0. The molecule has 2 unspecified atom stereocenters. The fourth-order valence-electron chi connectivity index (χ4n) is 3.17. The highest BCUT2D eigenvalue weighted by Gasteiger charge is 2.56. The molecule has 20 heavy (non-hydrogen) atoms. The molecule has 0 aromatic heterocycles. The van der Waals surface area contributed by atoms with Crippen LogP contribution < -0.4 is 0 Å². The number of carbonyl (C=O) groups is 1. The quantitative estimate of drug-likeness (QED) is 0.912. The number of benzene rings is 1. The maximum Gasteiger partial charge on any atom is 0.312 e. The molecular formula is C15H16BrFO3. The van der Waals surface area contributed by atoms with E-state index >= 15 is 0 Å². The largest absolute Gasteiger partial charge is 0.481 e. The number of rotatable bonds is 4. The second-order valence-electron chi connectivity index (χ2n) is 5.75. The number of carboxylic acid groups (broad SMARTS) is 1. The summed E-state index contributed by atoms with van der Waals surface area (Å²) in [6, 6.07) is 4.66. The average Bonchev–Trinajstić information content (AvgIpc) is 3.15. The molecule has 2 aliphatic rings. The van der Waals surface area contributed by atoms with Crippen molar-refractivity contribution >= 4 is 21.9 Å². The Balaban J connectivity index is 1.95. The predicted octanol–water partition coefficient (Wildman–Crippen LogP) is 3.40. The van der Waals surface area contributed by atoms with Crippen LogP contribution in [0.25, 0.3) is 0 Å². The first kappa shape index (κ1) is 14.0. The molecule has 5 heteroatoms. The highest BCUT2D eigenvalue weighted by Crippen LogP contribution is 2.49. The van der Waals surface area contributed by atoms with Crippen molar-refractivity contribution in [3.8, 4) is 0 Å². The standard InChI is InChI=1S/C15H16BrFO3/c16-11-3-4-12(17)10(7-11)8-15(14(18)19)5-6-20-13(15)9-1-2-9/h3-4,7,9,13H,1-2,5-6,8H2,(H,18,19). The smallest absolute Gasteiger partial charge is 0.312 e. The van der Waals surface area contributed by atoms with Crippen molar-refractivity contribution in [1.29, 1.82) is 0 Å². The van der Waals surface area contributed by atoms with Crippen molar-refractivity contribution in [2.45, 2.75) is 31.8 Å². The molecule has 0 bridgehead atoms. The Hall–Kier alpha value is -0.940. The van der Waals surface area contributed by atoms with Crippen LogP contribution in [-0.2, 0) is 16.0 Å². The van der Waals surface area contributed by atoms with Gasteiger partial charge in [-0.25, -0.2) is 4.39 Å². The Morgan fingerprint density at radius 2 is 2.25 bits per heavy atom. The number of carboxylic acids is 1. The molecule has 1 aliphatic carbocycles. The first-order chi connectivity index (χ1) is 9.53. The van der Waals surface area contributed by atoms with E-state index in [1.165, 1.54) is 6.07 Å². The fraction of sp³-hybridized carbons (Fsp3) is 0.533. The van der Waals surface area contributed by atoms with Crippen molar-refractivity contribution in [2.24, 2.45) is 11.3 Å². The minimum Gasteiger partial charge on any atom is -0.481 e. The van der Waals surface area contributed by atoms with E-state index in [-0.39, 0.29) is 18.3 Å². The molecule has 0 amide bonds. The van der Waals surface area contributed by atoms with Crippen molar-refractivity contribution in [2.75, 3.05) is 6.61 Å². The second kappa shape index (κ2) is 5.11. The van der Waals surface area contributed by atoms with E-state index in [0.717, 1.165) is 17.3 Å². The molecule has 108 valence electrons. The number of halogens is 2. The maximum absolute atomic E-state index is 13.9. The van der Waals surface area contributed by atoms with Gasteiger partial charge in [0.05, 0.1) is 6.10 Å². The Labute approximate surface area is 125 Å². The van der Waals surface area contributed by atoms with Gasteiger partial charge in [0.1, 0.15) is 11.2 Å². The highest BCUT2D eigenvalue weighted by atomic mass is 79.9. The van der Waals surface area contributed by atoms with E-state index in [1.54, 1.807) is 12.1 Å². The van der Waals surface area contributed by atoms with Gasteiger partial charge in [0.15, 0.2) is 0 Å². The van der Waals surface area contributed by atoms with Crippen molar-refractivity contribution < 1.29 is 19.0 Å². The van der Waals surface area contributed by atoms with Gasteiger partial charge in [-0.1, -0.05) is 15.9 Å². The van der Waals surface area contributed by atoms with E-state index in [0.29, 0.717) is 24.5 Å². The van der Waals surface area contributed by atoms with E-state index in [1.807, 2.05) is 0 Å². The van der Waals surface area contributed by atoms with Crippen LogP contribution in [-0.4, -0.2) is 23.8 Å². The molecule has 3 nitrogen and oxygen atoms in total. The summed E-state index contributed by atoms with van der Waals surface area (Å²) in [6.45, 7) is 0.448. The van der Waals surface area contributed by atoms with E-state index in [9.17, 15) is 14.3 Å². The molecule has 1 aromatic rings. The van der Waals surface area contributed by atoms with Gasteiger partial charge in [-0.15, -0.1) is 0 Å². The van der Waals surface area contributed by atoms with Crippen molar-refractivity contribution in [1.82, 2.24) is 0 Å². The Kier molecular flexibility index (Phi) is 3.58. The summed E-state index contributed by atoms with van der Waals surface area (Å²) in [5.41, 5.74) is -0.541. The van der Waals surface area contributed by atoms with Crippen LogP contribution in [0.1, 0.15) is 24.8 Å². The summed E-state index contributed by atoms with van der Waals surface area (Å²) in [5.74, 6) is -0.898. The van der Waals surface area contributed by atoms with Gasteiger partial charge in [-0.05, 0) is 55.4 Å². The summed E-state index contributed by atoms with van der Waals surface area (Å²) < 4.78 is 20.4. The summed E-state index contributed by atoms with van der Waals surface area (Å²) >= 11 is 3.31. The SMILES string of the molecule is O=C(O)C1(Cc2cc(Br)ccc2F)CCOC1C1CC1. The monoisotopic (exact) mass is 342 g/mol. The number of hydrogen-bond acceptors (Lipinski definition) is 2. The van der Waals surface area contributed by atoms with Gasteiger partial charge in [-0.2, -0.15) is 0 Å². The first-order valence-corrected chi connectivity index (χ1v) is 7.61. The molecule has 3 rings (SSSR count). The van der Waals surface area contributed by atoms with E-state index in [4.69, 9.17) is 4.74 Å². The highest BCUT2D eigenvalue weighted by molar-refractivity contribution is 9.10. The van der Waals surface area contributed by atoms with Gasteiger partial charge in [-0.3, -0.25) is 4.79 Å². The third-order valence-corrected chi connectivity index (χ3v) is 4.87. The molecule has 1 saturated heterocycles. The average molecular weight is 343 g/mol. The molecule has 0 radical (unpaired) electrons. The second-order valence-corrected chi connectivity index (χ2v) is 6.67. The lowest BCUT2D eigenvalue weighted by molar-refractivity contribution is -0.153. The van der Waals surface area contributed by atoms with Gasteiger partial charge in [0.25, 0.3) is 0 Å². The van der Waals surface area contributed by atoms with Gasteiger partial charge in [0, 0.05) is 11.1 Å². The van der Waals surface area contributed by atoms with Crippen molar-refractivity contribution in [3.05, 3.63) is 34.1 Å². The van der Waals surface area contributed by atoms with Crippen molar-refractivity contribution in [3.63, 3.8) is 0 Å². The van der Waals surface area contributed by atoms with Gasteiger partial charge >= 0.3 is 5.97 Å². The van der Waals surface area contributed by atoms with Crippen LogP contribution in [0.15, 0.2) is 22.7 Å². The maximum atomic E-state index is 13.9. The van der Waals surface area contributed by atoms with E-state index < -0.39 is 11.4 Å². The normalized spacial score (nSPS) is 29.6. The number of hydrogen-bond donors (Lipinski definition) is 1. The minimum absolute atomic E-state index is 0.189. The zero-order chi connectivity index (χ0) is 14.3. The first-order valence-electron chi connectivity index (χ1n) is 6.82. The lowest BCUT2D eigenvalue weighted by Crippen LogP contribution is -2.42. The van der Waals surface area contributed by atoms with Crippen LogP contribution >= 0.6 is 15.9 Å². The summed E-state index contributed by atoms with van der Waals surface area (Å²) in [5, 5.41) is 9.72. The van der Waals surface area contributed by atoms with Gasteiger partial charge in [0.2, 0.25) is 0 Å². The Morgan fingerprint density at radius 1 is 1.50 bits per heavy atom. The van der Waals surface area contributed by atoms with Crippen LogP contribution in [0.3, 0.4) is 0 Å². The molecule has 2 atom stereocenters. The number of ether oxygens (including phenoxy) is 1. The zero-order valence-corrected chi connectivity index (χ0v) is 12.5.